The summed E-state index contributed by atoms with van der Waals surface area (Å²) in [5, 5.41) is 0. The van der Waals surface area contributed by atoms with E-state index in [4.69, 9.17) is 4.74 Å². The molecule has 0 unspecified atom stereocenters. The molecule has 0 saturated carbocycles. The van der Waals surface area contributed by atoms with Crippen LogP contribution in [0.3, 0.4) is 0 Å². The molecule has 2 aromatic carbocycles. The number of hydrogen-bond acceptors (Lipinski definition) is 3. The Kier molecular flexibility index (Phi) is 5.48. The molecule has 0 saturated heterocycles. The van der Waals surface area contributed by atoms with Crippen LogP contribution in [0.25, 0.3) is 0 Å². The van der Waals surface area contributed by atoms with E-state index in [1.54, 1.807) is 37.3 Å². The number of carbonyl (C=O) groups is 2. The SMILES string of the molecule is CCCOC(=O)[C@@H](C)c1cccc(C(=O)c2ccccc2)c1. The van der Waals surface area contributed by atoms with E-state index in [-0.39, 0.29) is 17.7 Å². The molecule has 0 amide bonds. The molecule has 0 aliphatic heterocycles. The molecule has 0 N–H and O–H groups in total. The topological polar surface area (TPSA) is 43.4 Å². The van der Waals surface area contributed by atoms with Gasteiger partial charge in [0.05, 0.1) is 12.5 Å². The van der Waals surface area contributed by atoms with Gasteiger partial charge in [0.1, 0.15) is 0 Å². The van der Waals surface area contributed by atoms with Crippen LogP contribution in [0.4, 0.5) is 0 Å². The van der Waals surface area contributed by atoms with Crippen LogP contribution >= 0.6 is 0 Å². The summed E-state index contributed by atoms with van der Waals surface area (Å²) in [6.07, 6.45) is 0.797. The lowest BCUT2D eigenvalue weighted by Gasteiger charge is -2.12. The second-order valence-electron chi connectivity index (χ2n) is 5.21. The molecule has 0 heterocycles. The van der Waals surface area contributed by atoms with Crippen LogP contribution in [0.15, 0.2) is 54.6 Å². The molecule has 114 valence electrons. The van der Waals surface area contributed by atoms with Gasteiger partial charge < -0.3 is 4.74 Å². The number of carbonyl (C=O) groups excluding carboxylic acids is 2. The first-order chi connectivity index (χ1) is 10.6. The lowest BCUT2D eigenvalue weighted by atomic mass is 9.96. The van der Waals surface area contributed by atoms with E-state index >= 15 is 0 Å². The van der Waals surface area contributed by atoms with E-state index in [0.29, 0.717) is 17.7 Å². The summed E-state index contributed by atoms with van der Waals surface area (Å²) in [5.74, 6) is -0.683. The Morgan fingerprint density at radius 3 is 2.36 bits per heavy atom. The molecule has 0 bridgehead atoms. The maximum absolute atomic E-state index is 12.4. The maximum Gasteiger partial charge on any atom is 0.313 e. The summed E-state index contributed by atoms with van der Waals surface area (Å²) < 4.78 is 5.17. The van der Waals surface area contributed by atoms with Crippen molar-refractivity contribution < 1.29 is 14.3 Å². The Labute approximate surface area is 130 Å². The molecular formula is C19H20O3. The normalized spacial score (nSPS) is 11.7. The minimum absolute atomic E-state index is 0.0448. The zero-order valence-electron chi connectivity index (χ0n) is 12.9. The van der Waals surface area contributed by atoms with Crippen molar-refractivity contribution in [3.05, 3.63) is 71.3 Å². The largest absolute Gasteiger partial charge is 0.465 e. The number of benzene rings is 2. The fourth-order valence-electron chi connectivity index (χ4n) is 2.17. The van der Waals surface area contributed by atoms with Gasteiger partial charge in [0.2, 0.25) is 0 Å². The monoisotopic (exact) mass is 296 g/mol. The number of ether oxygens (including phenoxy) is 1. The molecule has 0 radical (unpaired) electrons. The van der Waals surface area contributed by atoms with Crippen LogP contribution in [-0.2, 0) is 9.53 Å². The summed E-state index contributed by atoms with van der Waals surface area (Å²) in [4.78, 5) is 24.4. The van der Waals surface area contributed by atoms with E-state index in [2.05, 4.69) is 0 Å². The average molecular weight is 296 g/mol. The standard InChI is InChI=1S/C19H20O3/c1-3-12-22-19(21)14(2)16-10-7-11-17(13-16)18(20)15-8-5-4-6-9-15/h4-11,13-14H,3,12H2,1-2H3/t14-/m0/s1. The van der Waals surface area contributed by atoms with Crippen molar-refractivity contribution in [2.45, 2.75) is 26.2 Å². The summed E-state index contributed by atoms with van der Waals surface area (Å²) in [7, 11) is 0. The van der Waals surface area contributed by atoms with Crippen LogP contribution in [-0.4, -0.2) is 18.4 Å². The van der Waals surface area contributed by atoms with Crippen LogP contribution in [0.1, 0.15) is 47.7 Å². The summed E-state index contributed by atoms with van der Waals surface area (Å²) in [6, 6.07) is 16.3. The Balaban J connectivity index is 2.20. The third-order valence-corrected chi connectivity index (χ3v) is 3.49. The fourth-order valence-corrected chi connectivity index (χ4v) is 2.17. The van der Waals surface area contributed by atoms with Gasteiger partial charge in [0.25, 0.3) is 0 Å². The molecule has 1 atom stereocenters. The van der Waals surface area contributed by atoms with Gasteiger partial charge in [0, 0.05) is 11.1 Å². The lowest BCUT2D eigenvalue weighted by molar-refractivity contribution is -0.145. The highest BCUT2D eigenvalue weighted by atomic mass is 16.5. The van der Waals surface area contributed by atoms with Crippen LogP contribution < -0.4 is 0 Å². The second kappa shape index (κ2) is 7.55. The van der Waals surface area contributed by atoms with Crippen LogP contribution in [0.5, 0.6) is 0 Å². The van der Waals surface area contributed by atoms with Gasteiger partial charge in [-0.3, -0.25) is 9.59 Å². The van der Waals surface area contributed by atoms with E-state index in [1.165, 1.54) is 0 Å². The first kappa shape index (κ1) is 16.0. The van der Waals surface area contributed by atoms with Crippen molar-refractivity contribution >= 4 is 11.8 Å². The van der Waals surface area contributed by atoms with Crippen molar-refractivity contribution in [2.75, 3.05) is 6.61 Å². The zero-order valence-corrected chi connectivity index (χ0v) is 12.9. The highest BCUT2D eigenvalue weighted by Crippen LogP contribution is 2.20. The van der Waals surface area contributed by atoms with Gasteiger partial charge in [0.15, 0.2) is 5.78 Å². The Morgan fingerprint density at radius 1 is 1.00 bits per heavy atom. The molecular weight excluding hydrogens is 276 g/mol. The molecule has 0 aliphatic rings. The van der Waals surface area contributed by atoms with Gasteiger partial charge >= 0.3 is 5.97 Å². The Morgan fingerprint density at radius 2 is 1.68 bits per heavy atom. The third kappa shape index (κ3) is 3.82. The fraction of sp³-hybridized carbons (Fsp3) is 0.263. The minimum atomic E-state index is -0.380. The predicted molar refractivity (Wildman–Crippen MR) is 86.0 cm³/mol. The Bertz CT molecular complexity index is 647. The van der Waals surface area contributed by atoms with Crippen molar-refractivity contribution in [2.24, 2.45) is 0 Å². The third-order valence-electron chi connectivity index (χ3n) is 3.49. The van der Waals surface area contributed by atoms with Gasteiger partial charge in [-0.25, -0.2) is 0 Å². The smallest absolute Gasteiger partial charge is 0.313 e. The van der Waals surface area contributed by atoms with Gasteiger partial charge in [-0.2, -0.15) is 0 Å². The molecule has 22 heavy (non-hydrogen) atoms. The average Bonchev–Trinajstić information content (AvgIpc) is 2.59. The quantitative estimate of drug-likeness (QED) is 0.598. The van der Waals surface area contributed by atoms with E-state index in [1.807, 2.05) is 31.2 Å². The van der Waals surface area contributed by atoms with Gasteiger partial charge in [-0.1, -0.05) is 55.5 Å². The molecule has 0 fully saturated rings. The lowest BCUT2D eigenvalue weighted by Crippen LogP contribution is -2.14. The Hall–Kier alpha value is -2.42. The highest BCUT2D eigenvalue weighted by molar-refractivity contribution is 6.09. The van der Waals surface area contributed by atoms with Crippen molar-refractivity contribution in [1.29, 1.82) is 0 Å². The van der Waals surface area contributed by atoms with Gasteiger partial charge in [-0.05, 0) is 25.0 Å². The van der Waals surface area contributed by atoms with E-state index in [0.717, 1.165) is 12.0 Å². The first-order valence-electron chi connectivity index (χ1n) is 7.49. The second-order valence-corrected chi connectivity index (χ2v) is 5.21. The number of esters is 1. The van der Waals surface area contributed by atoms with Gasteiger partial charge in [-0.15, -0.1) is 0 Å². The molecule has 2 aromatic rings. The van der Waals surface area contributed by atoms with Crippen LogP contribution in [0, 0.1) is 0 Å². The highest BCUT2D eigenvalue weighted by Gasteiger charge is 2.18. The summed E-state index contributed by atoms with van der Waals surface area (Å²) in [6.45, 7) is 4.17. The number of ketones is 1. The van der Waals surface area contributed by atoms with Crippen LogP contribution in [0.2, 0.25) is 0 Å². The minimum Gasteiger partial charge on any atom is -0.465 e. The summed E-state index contributed by atoms with van der Waals surface area (Å²) >= 11 is 0. The summed E-state index contributed by atoms with van der Waals surface area (Å²) in [5.41, 5.74) is 2.02. The molecule has 3 nitrogen and oxygen atoms in total. The van der Waals surface area contributed by atoms with Crippen molar-refractivity contribution in [3.63, 3.8) is 0 Å². The van der Waals surface area contributed by atoms with E-state index in [9.17, 15) is 9.59 Å². The molecule has 0 aromatic heterocycles. The zero-order chi connectivity index (χ0) is 15.9. The maximum atomic E-state index is 12.4. The molecule has 0 aliphatic carbocycles. The van der Waals surface area contributed by atoms with Crippen molar-refractivity contribution in [1.82, 2.24) is 0 Å². The van der Waals surface area contributed by atoms with E-state index < -0.39 is 0 Å². The number of hydrogen-bond donors (Lipinski definition) is 0. The molecule has 0 spiro atoms. The van der Waals surface area contributed by atoms with Crippen molar-refractivity contribution in [3.8, 4) is 0 Å². The molecule has 2 rings (SSSR count). The number of rotatable bonds is 6. The first-order valence-corrected chi connectivity index (χ1v) is 7.49. The molecule has 3 heteroatoms. The predicted octanol–water partition coefficient (Wildman–Crippen LogP) is 3.97.